The third-order valence-corrected chi connectivity index (χ3v) is 4.83. The number of alkyl halides is 2. The number of nitrogens with one attached hydrogen (secondary N) is 1. The molecule has 0 saturated carbocycles. The van der Waals surface area contributed by atoms with E-state index in [1.807, 2.05) is 13.8 Å². The van der Waals surface area contributed by atoms with E-state index in [4.69, 9.17) is 0 Å². The summed E-state index contributed by atoms with van der Waals surface area (Å²) in [6.07, 6.45) is 0. The molecule has 1 N–H and O–H groups in total. The number of hydrogen-bond donors (Lipinski definition) is 1. The molecular weight excluding hydrogens is 334 g/mol. The third-order valence-electron chi connectivity index (χ3n) is 3.88. The van der Waals surface area contributed by atoms with Crippen LogP contribution in [0, 0.1) is 17.2 Å². The molecule has 1 heterocycles. The van der Waals surface area contributed by atoms with Crippen molar-refractivity contribution in [2.75, 3.05) is 5.75 Å². The van der Waals surface area contributed by atoms with Crippen LogP contribution in [0.3, 0.4) is 0 Å². The number of amides is 1. The molecule has 1 aromatic heterocycles. The second-order valence-corrected chi connectivity index (χ2v) is 6.78. The van der Waals surface area contributed by atoms with E-state index < -0.39 is 18.0 Å². The van der Waals surface area contributed by atoms with Crippen LogP contribution in [0.4, 0.5) is 8.78 Å². The Kier molecular flexibility index (Phi) is 5.44. The molecule has 2 aromatic rings. The molecule has 5 nitrogen and oxygen atoms in total. The van der Waals surface area contributed by atoms with Crippen molar-refractivity contribution in [3.05, 3.63) is 24.3 Å². The minimum absolute atomic E-state index is 0.0737. The Morgan fingerprint density at radius 3 is 2.71 bits per heavy atom. The molecule has 8 heteroatoms. The number of carbonyl (C=O) groups is 1. The van der Waals surface area contributed by atoms with Crippen LogP contribution in [-0.2, 0) is 4.79 Å². The van der Waals surface area contributed by atoms with Gasteiger partial charge in [-0.3, -0.25) is 9.36 Å². The Hall–Kier alpha value is -2.14. The summed E-state index contributed by atoms with van der Waals surface area (Å²) >= 11 is 0.923. The standard InChI is InChI=1S/C16H18F2N4OS/c1-10(2)16(3,9-19)21-13(23)8-24-15-20-11-6-4-5-7-12(11)22(15)14(17)18/h4-7,10,14H,8H2,1-3H3,(H,21,23). The number of fused-ring (bicyclic) bond motifs is 1. The van der Waals surface area contributed by atoms with Gasteiger partial charge < -0.3 is 5.32 Å². The molecule has 24 heavy (non-hydrogen) atoms. The maximum Gasteiger partial charge on any atom is 0.321 e. The maximum atomic E-state index is 13.3. The zero-order chi connectivity index (χ0) is 17.9. The highest BCUT2D eigenvalue weighted by atomic mass is 32.2. The van der Waals surface area contributed by atoms with Gasteiger partial charge in [-0.25, -0.2) is 4.98 Å². The Balaban J connectivity index is 2.15. The lowest BCUT2D eigenvalue weighted by atomic mass is 9.90. The van der Waals surface area contributed by atoms with Crippen LogP contribution >= 0.6 is 11.8 Å². The van der Waals surface area contributed by atoms with Crippen LogP contribution in [0.25, 0.3) is 11.0 Å². The number of halogens is 2. The number of thioether (sulfide) groups is 1. The highest BCUT2D eigenvalue weighted by Gasteiger charge is 2.30. The van der Waals surface area contributed by atoms with Crippen molar-refractivity contribution in [1.29, 1.82) is 5.26 Å². The summed E-state index contributed by atoms with van der Waals surface area (Å²) in [4.78, 5) is 16.2. The van der Waals surface area contributed by atoms with E-state index in [0.29, 0.717) is 11.0 Å². The Bertz CT molecular complexity index is 784. The lowest BCUT2D eigenvalue weighted by molar-refractivity contribution is -0.120. The van der Waals surface area contributed by atoms with Gasteiger partial charge in [0, 0.05) is 0 Å². The van der Waals surface area contributed by atoms with E-state index in [0.717, 1.165) is 16.3 Å². The van der Waals surface area contributed by atoms with E-state index in [9.17, 15) is 18.8 Å². The lowest BCUT2D eigenvalue weighted by Gasteiger charge is -2.27. The molecule has 128 valence electrons. The topological polar surface area (TPSA) is 70.7 Å². The van der Waals surface area contributed by atoms with Gasteiger partial charge in [0.15, 0.2) is 5.16 Å². The number of rotatable bonds is 6. The Labute approximate surface area is 143 Å². The fourth-order valence-electron chi connectivity index (χ4n) is 2.07. The third kappa shape index (κ3) is 3.67. The fraction of sp³-hybridized carbons (Fsp3) is 0.438. The first-order valence-corrected chi connectivity index (χ1v) is 8.37. The summed E-state index contributed by atoms with van der Waals surface area (Å²) in [6.45, 7) is 2.54. The molecule has 1 amide bonds. The van der Waals surface area contributed by atoms with E-state index in [-0.39, 0.29) is 16.8 Å². The number of para-hydroxylation sites is 2. The van der Waals surface area contributed by atoms with Crippen molar-refractivity contribution >= 4 is 28.7 Å². The number of carbonyl (C=O) groups excluding carboxylic acids is 1. The van der Waals surface area contributed by atoms with E-state index >= 15 is 0 Å². The Morgan fingerprint density at radius 1 is 1.46 bits per heavy atom. The predicted octanol–water partition coefficient (Wildman–Crippen LogP) is 3.58. The van der Waals surface area contributed by atoms with Crippen molar-refractivity contribution in [3.63, 3.8) is 0 Å². The number of imidazole rings is 1. The molecular formula is C16H18F2N4OS. The van der Waals surface area contributed by atoms with Gasteiger partial charge in [-0.15, -0.1) is 0 Å². The molecule has 0 fully saturated rings. The largest absolute Gasteiger partial charge is 0.337 e. The van der Waals surface area contributed by atoms with Gasteiger partial charge in [0.05, 0.1) is 22.9 Å². The van der Waals surface area contributed by atoms with E-state index in [1.54, 1.807) is 31.2 Å². The smallest absolute Gasteiger partial charge is 0.321 e. The summed E-state index contributed by atoms with van der Waals surface area (Å²) < 4.78 is 27.4. The van der Waals surface area contributed by atoms with Crippen molar-refractivity contribution in [3.8, 4) is 6.07 Å². The normalized spacial score (nSPS) is 13.9. The van der Waals surface area contributed by atoms with Crippen LogP contribution < -0.4 is 5.32 Å². The first-order valence-electron chi connectivity index (χ1n) is 7.38. The number of nitrogens with zero attached hydrogens (tertiary/aromatic N) is 3. The second-order valence-electron chi connectivity index (χ2n) is 5.84. The van der Waals surface area contributed by atoms with Gasteiger partial charge in [0.25, 0.3) is 0 Å². The molecule has 1 unspecified atom stereocenters. The van der Waals surface area contributed by atoms with E-state index in [2.05, 4.69) is 16.4 Å². The van der Waals surface area contributed by atoms with Crippen LogP contribution in [0.5, 0.6) is 0 Å². The minimum atomic E-state index is -2.75. The molecule has 1 aromatic carbocycles. The summed E-state index contributed by atoms with van der Waals surface area (Å²) in [5.41, 5.74) is -0.232. The van der Waals surface area contributed by atoms with Gasteiger partial charge in [0.1, 0.15) is 5.54 Å². The van der Waals surface area contributed by atoms with Crippen LogP contribution in [0.15, 0.2) is 29.4 Å². The summed E-state index contributed by atoms with van der Waals surface area (Å²) in [6, 6.07) is 8.65. The molecule has 0 bridgehead atoms. The molecule has 0 aliphatic rings. The molecule has 0 aliphatic carbocycles. The SMILES string of the molecule is CC(C)C(C)(C#N)NC(=O)CSc1nc2ccccc2n1C(F)F. The second kappa shape index (κ2) is 7.18. The molecule has 0 aliphatic heterocycles. The predicted molar refractivity (Wildman–Crippen MR) is 88.7 cm³/mol. The first-order chi connectivity index (χ1) is 11.3. The van der Waals surface area contributed by atoms with Gasteiger partial charge in [0.2, 0.25) is 5.91 Å². The fourth-order valence-corrected chi connectivity index (χ4v) is 2.88. The van der Waals surface area contributed by atoms with Crippen molar-refractivity contribution in [1.82, 2.24) is 14.9 Å². The first kappa shape index (κ1) is 18.2. The monoisotopic (exact) mass is 352 g/mol. The number of hydrogen-bond acceptors (Lipinski definition) is 4. The molecule has 2 rings (SSSR count). The van der Waals surface area contributed by atoms with Gasteiger partial charge >= 0.3 is 6.55 Å². The average Bonchev–Trinajstić information content (AvgIpc) is 2.91. The summed E-state index contributed by atoms with van der Waals surface area (Å²) in [5, 5.41) is 11.9. The van der Waals surface area contributed by atoms with Gasteiger partial charge in [-0.2, -0.15) is 14.0 Å². The highest BCUT2D eigenvalue weighted by molar-refractivity contribution is 7.99. The lowest BCUT2D eigenvalue weighted by Crippen LogP contribution is -2.49. The zero-order valence-electron chi connectivity index (χ0n) is 13.6. The molecule has 0 spiro atoms. The highest BCUT2D eigenvalue weighted by Crippen LogP contribution is 2.29. The minimum Gasteiger partial charge on any atom is -0.337 e. The van der Waals surface area contributed by atoms with Crippen LogP contribution in [0.2, 0.25) is 0 Å². The average molecular weight is 352 g/mol. The number of nitriles is 1. The zero-order valence-corrected chi connectivity index (χ0v) is 14.4. The summed E-state index contributed by atoms with van der Waals surface area (Å²) in [7, 11) is 0. The van der Waals surface area contributed by atoms with Crippen molar-refractivity contribution in [2.24, 2.45) is 5.92 Å². The van der Waals surface area contributed by atoms with Crippen LogP contribution in [0.1, 0.15) is 27.3 Å². The quantitative estimate of drug-likeness (QED) is 0.807. The van der Waals surface area contributed by atoms with Crippen molar-refractivity contribution in [2.45, 2.75) is 38.0 Å². The Morgan fingerprint density at radius 2 is 2.12 bits per heavy atom. The number of aromatic nitrogens is 2. The number of benzene rings is 1. The molecule has 0 saturated heterocycles. The van der Waals surface area contributed by atoms with Gasteiger partial charge in [-0.1, -0.05) is 37.7 Å². The molecule has 0 radical (unpaired) electrons. The van der Waals surface area contributed by atoms with E-state index in [1.165, 1.54) is 0 Å². The van der Waals surface area contributed by atoms with Gasteiger partial charge in [-0.05, 0) is 25.0 Å². The maximum absolute atomic E-state index is 13.3. The van der Waals surface area contributed by atoms with Crippen molar-refractivity contribution < 1.29 is 13.6 Å². The summed E-state index contributed by atoms with van der Waals surface area (Å²) in [5.74, 6) is -0.576. The molecule has 1 atom stereocenters. The van der Waals surface area contributed by atoms with Crippen LogP contribution in [-0.4, -0.2) is 26.8 Å².